The highest BCUT2D eigenvalue weighted by Crippen LogP contribution is 2.60. The fourth-order valence-corrected chi connectivity index (χ4v) is 12.1. The van der Waals surface area contributed by atoms with Crippen LogP contribution >= 0.6 is 0 Å². The van der Waals surface area contributed by atoms with Gasteiger partial charge in [0, 0.05) is 0 Å². The molecule has 386 valence electrons. The highest BCUT2D eigenvalue weighted by atomic mass is 16.7. The molecular formula is C67H88B2O4. The molecule has 6 heteroatoms. The van der Waals surface area contributed by atoms with E-state index in [2.05, 4.69) is 208 Å². The minimum atomic E-state index is -0.650. The Kier molecular flexibility index (Phi) is 14.5. The Morgan fingerprint density at radius 2 is 0.795 bits per heavy atom. The second kappa shape index (κ2) is 19.7. The van der Waals surface area contributed by atoms with E-state index in [9.17, 15) is 0 Å². The van der Waals surface area contributed by atoms with Gasteiger partial charge in [-0.3, -0.25) is 0 Å². The molecule has 0 atom stereocenters. The van der Waals surface area contributed by atoms with Crippen LogP contribution in [0.15, 0.2) is 103 Å². The van der Waals surface area contributed by atoms with Crippen molar-refractivity contribution in [2.24, 2.45) is 0 Å². The molecule has 2 aliphatic carbocycles. The normalized spacial score (nSPS) is 18.8. The maximum Gasteiger partial charge on any atom is 0.494 e. The van der Waals surface area contributed by atoms with E-state index in [4.69, 9.17) is 18.6 Å². The summed E-state index contributed by atoms with van der Waals surface area (Å²) in [6, 6.07) is 38.7. The topological polar surface area (TPSA) is 36.9 Å². The third-order valence-corrected chi connectivity index (χ3v) is 18.1. The Hall–Kier alpha value is -4.19. The lowest BCUT2D eigenvalue weighted by Crippen LogP contribution is -2.41. The van der Waals surface area contributed by atoms with Crippen LogP contribution in [0.2, 0.25) is 0 Å². The number of rotatable bonds is 16. The summed E-state index contributed by atoms with van der Waals surface area (Å²) in [6.07, 6.45) is 14.9. The molecule has 4 nitrogen and oxygen atoms in total. The summed E-state index contributed by atoms with van der Waals surface area (Å²) in [6.45, 7) is 35.8. The maximum atomic E-state index is 6.85. The molecule has 2 saturated heterocycles. The molecule has 9 rings (SSSR count). The van der Waals surface area contributed by atoms with Gasteiger partial charge in [0.25, 0.3) is 0 Å². The minimum Gasteiger partial charge on any atom is -0.399 e. The average Bonchev–Trinajstić information content (AvgIpc) is 3.95. The first-order chi connectivity index (χ1) is 34.3. The van der Waals surface area contributed by atoms with Crippen LogP contribution in [0.25, 0.3) is 27.8 Å². The summed E-state index contributed by atoms with van der Waals surface area (Å²) in [7, 11) is -0.938. The second-order valence-electron chi connectivity index (χ2n) is 26.4. The van der Waals surface area contributed by atoms with Crippen LogP contribution in [0.5, 0.6) is 0 Å². The van der Waals surface area contributed by atoms with Gasteiger partial charge in [0.05, 0.1) is 27.8 Å². The Labute approximate surface area is 443 Å². The molecule has 0 radical (unpaired) electrons. The summed E-state index contributed by atoms with van der Waals surface area (Å²) in [4.78, 5) is 0. The van der Waals surface area contributed by atoms with Gasteiger partial charge in [0.2, 0.25) is 0 Å². The number of benzene rings is 5. The second-order valence-corrected chi connectivity index (χ2v) is 26.4. The fraction of sp³-hybridized carbons (Fsp3) is 0.522. The molecule has 5 aromatic carbocycles. The first kappa shape index (κ1) is 53.6. The van der Waals surface area contributed by atoms with E-state index in [0.717, 1.165) is 23.8 Å². The number of hydrogen-bond acceptors (Lipinski definition) is 4. The SMILES string of the molecule is CCCCCCCC(CCCCCCC)=C1c2cc(B3OC(C)(C)C(C)(C)O3)ccc2-c2cc3c(cc21)-c1ccc(B2OC(C)(C)C(C)(C)O2)cc1C3(c1ccc(C(C)(C)C)cc1)c1ccc(C(C)(C)C)cc1. The van der Waals surface area contributed by atoms with Gasteiger partial charge in [-0.15, -0.1) is 0 Å². The van der Waals surface area contributed by atoms with Crippen LogP contribution in [0.3, 0.4) is 0 Å². The van der Waals surface area contributed by atoms with Gasteiger partial charge in [0.15, 0.2) is 0 Å². The van der Waals surface area contributed by atoms with Crippen molar-refractivity contribution in [2.45, 2.75) is 226 Å². The van der Waals surface area contributed by atoms with E-state index in [1.807, 2.05) is 0 Å². The van der Waals surface area contributed by atoms with Crippen molar-refractivity contribution in [3.8, 4) is 22.3 Å². The van der Waals surface area contributed by atoms with E-state index in [0.29, 0.717) is 0 Å². The molecule has 2 heterocycles. The zero-order valence-electron chi connectivity index (χ0n) is 48.0. The Balaban J connectivity index is 1.33. The van der Waals surface area contributed by atoms with E-state index in [1.54, 1.807) is 5.57 Å². The van der Waals surface area contributed by atoms with Gasteiger partial charge in [-0.2, -0.15) is 0 Å². The molecule has 2 fully saturated rings. The van der Waals surface area contributed by atoms with E-state index >= 15 is 0 Å². The highest BCUT2D eigenvalue weighted by molar-refractivity contribution is 6.62. The summed E-state index contributed by atoms with van der Waals surface area (Å²) in [5.74, 6) is 0. The molecular weight excluding hydrogens is 890 g/mol. The Bertz CT molecular complexity index is 2740. The maximum absolute atomic E-state index is 6.85. The summed E-state index contributed by atoms with van der Waals surface area (Å²) in [5.41, 5.74) is 18.4. The minimum absolute atomic E-state index is 0.00534. The van der Waals surface area contributed by atoms with Gasteiger partial charge >= 0.3 is 14.2 Å². The Morgan fingerprint density at radius 3 is 1.23 bits per heavy atom. The molecule has 0 unspecified atom stereocenters. The van der Waals surface area contributed by atoms with Crippen molar-refractivity contribution in [3.05, 3.63) is 147 Å². The zero-order chi connectivity index (χ0) is 52.5. The first-order valence-corrected chi connectivity index (χ1v) is 28.5. The lowest BCUT2D eigenvalue weighted by atomic mass is 9.65. The summed E-state index contributed by atoms with van der Waals surface area (Å²) < 4.78 is 27.3. The summed E-state index contributed by atoms with van der Waals surface area (Å²) in [5, 5.41) is 0. The number of hydrogen-bond donors (Lipinski definition) is 0. The summed E-state index contributed by atoms with van der Waals surface area (Å²) >= 11 is 0. The van der Waals surface area contributed by atoms with Crippen LogP contribution in [0, 0.1) is 0 Å². The van der Waals surface area contributed by atoms with E-state index in [1.165, 1.54) is 137 Å². The quantitative estimate of drug-likeness (QED) is 0.0714. The van der Waals surface area contributed by atoms with Gasteiger partial charge in [-0.25, -0.2) is 0 Å². The van der Waals surface area contributed by atoms with Gasteiger partial charge in [0.1, 0.15) is 0 Å². The van der Waals surface area contributed by atoms with Crippen molar-refractivity contribution < 1.29 is 18.6 Å². The molecule has 0 N–H and O–H groups in total. The van der Waals surface area contributed by atoms with Crippen molar-refractivity contribution >= 4 is 30.7 Å². The first-order valence-electron chi connectivity index (χ1n) is 28.5. The molecule has 73 heavy (non-hydrogen) atoms. The lowest BCUT2D eigenvalue weighted by Gasteiger charge is -2.35. The van der Waals surface area contributed by atoms with Crippen LogP contribution < -0.4 is 10.9 Å². The zero-order valence-corrected chi connectivity index (χ0v) is 48.0. The monoisotopic (exact) mass is 979 g/mol. The predicted molar refractivity (Wildman–Crippen MR) is 311 cm³/mol. The smallest absolute Gasteiger partial charge is 0.399 e. The molecule has 0 amide bonds. The highest BCUT2D eigenvalue weighted by Gasteiger charge is 2.54. The van der Waals surface area contributed by atoms with Crippen molar-refractivity contribution in [1.82, 2.24) is 0 Å². The lowest BCUT2D eigenvalue weighted by molar-refractivity contribution is 0.00578. The van der Waals surface area contributed by atoms with Crippen molar-refractivity contribution in [3.63, 3.8) is 0 Å². The van der Waals surface area contributed by atoms with E-state index < -0.39 is 42.1 Å². The largest absolute Gasteiger partial charge is 0.494 e. The van der Waals surface area contributed by atoms with Gasteiger partial charge in [-0.05, 0) is 187 Å². The molecule has 4 aliphatic rings. The number of unbranched alkanes of at least 4 members (excludes halogenated alkanes) is 8. The van der Waals surface area contributed by atoms with Crippen LogP contribution in [0.4, 0.5) is 0 Å². The Morgan fingerprint density at radius 1 is 0.397 bits per heavy atom. The average molecular weight is 979 g/mol. The molecule has 0 saturated carbocycles. The van der Waals surface area contributed by atoms with Gasteiger partial charge in [-0.1, -0.05) is 197 Å². The van der Waals surface area contributed by atoms with Crippen molar-refractivity contribution in [2.75, 3.05) is 0 Å². The van der Waals surface area contributed by atoms with Crippen LogP contribution in [0.1, 0.15) is 232 Å². The van der Waals surface area contributed by atoms with Crippen LogP contribution in [-0.2, 0) is 34.9 Å². The van der Waals surface area contributed by atoms with E-state index in [-0.39, 0.29) is 10.8 Å². The molecule has 0 aromatic heterocycles. The van der Waals surface area contributed by atoms with Crippen LogP contribution in [-0.4, -0.2) is 36.6 Å². The van der Waals surface area contributed by atoms with Gasteiger partial charge < -0.3 is 18.6 Å². The van der Waals surface area contributed by atoms with Crippen molar-refractivity contribution in [1.29, 1.82) is 0 Å². The molecule has 5 aromatic rings. The molecule has 0 spiro atoms. The number of allylic oxidation sites excluding steroid dienone is 1. The molecule has 2 aliphatic heterocycles. The number of fused-ring (bicyclic) bond motifs is 6. The molecule has 0 bridgehead atoms. The third kappa shape index (κ3) is 9.72. The standard InChI is InChI=1S/C67H88B2O4/c1-17-19-21-23-25-27-45(28-26-24-22-20-18-2)60-56-41-50(68-70-63(9,10)64(11,12)71-68)37-39-52(56)54-44-59-55(43-57(54)60)53-40-38-51(69-72-65(13,14)66(15,16)73-69)42-58(53)67(59,48-33-29-46(30-34-48)61(3,4)5)49-35-31-47(32-36-49)62(6,7)8/h29-44H,17-28H2,1-16H3. The predicted octanol–water partition coefficient (Wildman–Crippen LogP) is 16.7. The third-order valence-electron chi connectivity index (χ3n) is 18.1. The fourth-order valence-electron chi connectivity index (χ4n) is 12.1.